The highest BCUT2D eigenvalue weighted by atomic mass is 16.1. The number of carbonyl (C=O) groups is 1. The van der Waals surface area contributed by atoms with E-state index in [0.717, 1.165) is 23.1 Å². The molecule has 5 heteroatoms. The molecule has 5 nitrogen and oxygen atoms in total. The Balaban J connectivity index is 0.00000139. The van der Waals surface area contributed by atoms with Crippen molar-refractivity contribution in [1.29, 1.82) is 0 Å². The quantitative estimate of drug-likeness (QED) is 0.829. The van der Waals surface area contributed by atoms with E-state index in [4.69, 9.17) is 6.42 Å². The van der Waals surface area contributed by atoms with E-state index >= 15 is 0 Å². The number of fused-ring (bicyclic) bond motifs is 1. The molecular formula is C19H26N4O. The molecule has 1 N–H and O–H groups in total. The second-order valence-corrected chi connectivity index (χ2v) is 5.08. The molecule has 1 aromatic carbocycles. The first-order valence-electron chi connectivity index (χ1n) is 8.31. The van der Waals surface area contributed by atoms with E-state index < -0.39 is 0 Å². The summed E-state index contributed by atoms with van der Waals surface area (Å²) in [5.74, 6) is 2.39. The number of hydrogen-bond acceptors (Lipinski definition) is 4. The summed E-state index contributed by atoms with van der Waals surface area (Å²) in [7, 11) is 0. The predicted octanol–water partition coefficient (Wildman–Crippen LogP) is 2.65. The Morgan fingerprint density at radius 1 is 1.33 bits per heavy atom. The van der Waals surface area contributed by atoms with Crippen LogP contribution in [0.5, 0.6) is 0 Å². The van der Waals surface area contributed by atoms with E-state index in [1.807, 2.05) is 45.9 Å². The lowest BCUT2D eigenvalue weighted by atomic mass is 10.2. The molecule has 24 heavy (non-hydrogen) atoms. The van der Waals surface area contributed by atoms with Gasteiger partial charge in [0.1, 0.15) is 5.69 Å². The van der Waals surface area contributed by atoms with E-state index in [2.05, 4.69) is 26.1 Å². The van der Waals surface area contributed by atoms with Crippen molar-refractivity contribution < 1.29 is 4.79 Å². The van der Waals surface area contributed by atoms with Crippen molar-refractivity contribution in [2.24, 2.45) is 0 Å². The molecule has 2 aromatic rings. The molecule has 2 rings (SSSR count). The Hall–Kier alpha value is -2.45. The average molecular weight is 326 g/mol. The summed E-state index contributed by atoms with van der Waals surface area (Å²) in [4.78, 5) is 22.8. The van der Waals surface area contributed by atoms with Crippen LogP contribution < -0.4 is 5.32 Å². The number of benzene rings is 1. The van der Waals surface area contributed by atoms with Gasteiger partial charge in [0.25, 0.3) is 5.91 Å². The molecular weight excluding hydrogens is 300 g/mol. The molecule has 0 aliphatic heterocycles. The molecule has 0 saturated heterocycles. The van der Waals surface area contributed by atoms with Crippen molar-refractivity contribution >= 4 is 16.9 Å². The average Bonchev–Trinajstić information content (AvgIpc) is 2.62. The fourth-order valence-corrected chi connectivity index (χ4v) is 2.13. The summed E-state index contributed by atoms with van der Waals surface area (Å²) in [6.07, 6.45) is 6.80. The van der Waals surface area contributed by atoms with Crippen LogP contribution >= 0.6 is 0 Å². The van der Waals surface area contributed by atoms with Gasteiger partial charge in [-0.15, -0.1) is 6.42 Å². The van der Waals surface area contributed by atoms with E-state index in [0.29, 0.717) is 25.3 Å². The number of nitrogens with zero attached hydrogens (tertiary/aromatic N) is 3. The molecule has 1 heterocycles. The molecule has 0 spiro atoms. The van der Waals surface area contributed by atoms with Crippen molar-refractivity contribution in [2.75, 3.05) is 26.2 Å². The SMILES string of the molecule is C#CCN(CC)CCNC(=O)c1cnc2cc(C)ccc2n1.CC. The molecule has 0 bridgehead atoms. The van der Waals surface area contributed by atoms with Crippen LogP contribution in [0.4, 0.5) is 0 Å². The van der Waals surface area contributed by atoms with Crippen LogP contribution in [0, 0.1) is 19.3 Å². The number of hydrogen-bond donors (Lipinski definition) is 1. The summed E-state index contributed by atoms with van der Waals surface area (Å²) in [5.41, 5.74) is 2.96. The summed E-state index contributed by atoms with van der Waals surface area (Å²) < 4.78 is 0. The minimum Gasteiger partial charge on any atom is -0.349 e. The summed E-state index contributed by atoms with van der Waals surface area (Å²) >= 11 is 0. The smallest absolute Gasteiger partial charge is 0.271 e. The van der Waals surface area contributed by atoms with Gasteiger partial charge in [0.2, 0.25) is 0 Å². The summed E-state index contributed by atoms with van der Waals surface area (Å²) in [6.45, 7) is 10.7. The van der Waals surface area contributed by atoms with Crippen molar-refractivity contribution in [3.8, 4) is 12.3 Å². The molecule has 1 amide bonds. The first-order valence-corrected chi connectivity index (χ1v) is 8.31. The Kier molecular flexibility index (Phi) is 8.45. The van der Waals surface area contributed by atoms with Gasteiger partial charge >= 0.3 is 0 Å². The zero-order valence-corrected chi connectivity index (χ0v) is 15.0. The molecule has 128 valence electrons. The van der Waals surface area contributed by atoms with Crippen molar-refractivity contribution in [2.45, 2.75) is 27.7 Å². The van der Waals surface area contributed by atoms with Crippen LogP contribution in [-0.2, 0) is 0 Å². The normalized spacial score (nSPS) is 10.0. The van der Waals surface area contributed by atoms with Gasteiger partial charge in [-0.1, -0.05) is 32.8 Å². The van der Waals surface area contributed by atoms with Crippen LogP contribution in [0.1, 0.15) is 36.8 Å². The topological polar surface area (TPSA) is 58.1 Å². The number of aromatic nitrogens is 2. The molecule has 1 aromatic heterocycles. The maximum Gasteiger partial charge on any atom is 0.271 e. The van der Waals surface area contributed by atoms with Gasteiger partial charge in [0.15, 0.2) is 0 Å². The number of carbonyl (C=O) groups excluding carboxylic acids is 1. The van der Waals surface area contributed by atoms with E-state index in [1.165, 1.54) is 6.20 Å². The standard InChI is InChI=1S/C17H20N4O.C2H6/c1-4-9-21(5-2)10-8-18-17(22)16-12-19-15-11-13(3)6-7-14(15)20-16;1-2/h1,6-7,11-12H,5,8-10H2,2-3H3,(H,18,22);1-2H3. The van der Waals surface area contributed by atoms with Crippen LogP contribution in [0.2, 0.25) is 0 Å². The van der Waals surface area contributed by atoms with E-state index in [1.54, 1.807) is 0 Å². The van der Waals surface area contributed by atoms with Gasteiger partial charge in [0.05, 0.1) is 23.8 Å². The molecule has 0 aliphatic rings. The van der Waals surface area contributed by atoms with E-state index in [9.17, 15) is 4.79 Å². The zero-order valence-electron chi connectivity index (χ0n) is 15.0. The van der Waals surface area contributed by atoms with Gasteiger partial charge in [-0.05, 0) is 31.2 Å². The molecule has 0 atom stereocenters. The summed E-state index contributed by atoms with van der Waals surface area (Å²) in [5, 5.41) is 2.85. The van der Waals surface area contributed by atoms with Crippen LogP contribution in [0.25, 0.3) is 11.0 Å². The number of rotatable bonds is 6. The van der Waals surface area contributed by atoms with Crippen molar-refractivity contribution in [1.82, 2.24) is 20.2 Å². The molecule has 0 radical (unpaired) electrons. The number of aryl methyl sites for hydroxylation is 1. The third-order valence-corrected chi connectivity index (χ3v) is 3.41. The second-order valence-electron chi connectivity index (χ2n) is 5.08. The monoisotopic (exact) mass is 326 g/mol. The first kappa shape index (κ1) is 19.6. The first-order chi connectivity index (χ1) is 11.6. The van der Waals surface area contributed by atoms with Crippen LogP contribution in [0.15, 0.2) is 24.4 Å². The fraction of sp³-hybridized carbons (Fsp3) is 0.421. The van der Waals surface area contributed by atoms with Gasteiger partial charge in [-0.25, -0.2) is 4.98 Å². The third kappa shape index (κ3) is 5.64. The predicted molar refractivity (Wildman–Crippen MR) is 98.9 cm³/mol. The van der Waals surface area contributed by atoms with Gasteiger partial charge in [0, 0.05) is 13.1 Å². The Morgan fingerprint density at radius 2 is 2.08 bits per heavy atom. The van der Waals surface area contributed by atoms with Gasteiger partial charge < -0.3 is 5.32 Å². The molecule has 0 unspecified atom stereocenters. The van der Waals surface area contributed by atoms with Crippen molar-refractivity contribution in [3.05, 3.63) is 35.7 Å². The summed E-state index contributed by atoms with van der Waals surface area (Å²) in [6, 6.07) is 5.78. The molecule has 0 saturated carbocycles. The fourth-order valence-electron chi connectivity index (χ4n) is 2.13. The lowest BCUT2D eigenvalue weighted by molar-refractivity contribution is 0.0944. The molecule has 0 fully saturated rings. The third-order valence-electron chi connectivity index (χ3n) is 3.41. The van der Waals surface area contributed by atoms with Crippen molar-refractivity contribution in [3.63, 3.8) is 0 Å². The zero-order chi connectivity index (χ0) is 17.9. The number of terminal acetylenes is 1. The van der Waals surface area contributed by atoms with Crippen LogP contribution in [0.3, 0.4) is 0 Å². The number of nitrogens with one attached hydrogen (secondary N) is 1. The highest BCUT2D eigenvalue weighted by molar-refractivity contribution is 5.93. The van der Waals surface area contributed by atoms with E-state index in [-0.39, 0.29) is 5.91 Å². The highest BCUT2D eigenvalue weighted by Gasteiger charge is 2.09. The van der Waals surface area contributed by atoms with Gasteiger partial charge in [-0.2, -0.15) is 0 Å². The maximum absolute atomic E-state index is 12.1. The Morgan fingerprint density at radius 3 is 2.75 bits per heavy atom. The maximum atomic E-state index is 12.1. The number of amides is 1. The Bertz CT molecular complexity index is 706. The Labute approximate surface area is 144 Å². The number of likely N-dealkylation sites (N-methyl/N-ethyl adjacent to an activating group) is 1. The molecule has 0 aliphatic carbocycles. The lowest BCUT2D eigenvalue weighted by Gasteiger charge is -2.17. The second kappa shape index (κ2) is 10.3. The minimum absolute atomic E-state index is 0.216. The largest absolute Gasteiger partial charge is 0.349 e. The van der Waals surface area contributed by atoms with Gasteiger partial charge in [-0.3, -0.25) is 14.7 Å². The lowest BCUT2D eigenvalue weighted by Crippen LogP contribution is -2.35. The van der Waals surface area contributed by atoms with Crippen LogP contribution in [-0.4, -0.2) is 47.0 Å². The highest BCUT2D eigenvalue weighted by Crippen LogP contribution is 2.11. The minimum atomic E-state index is -0.216.